The van der Waals surface area contributed by atoms with Crippen LogP contribution in [0.1, 0.15) is 25.8 Å². The van der Waals surface area contributed by atoms with Gasteiger partial charge in [-0.15, -0.1) is 0 Å². The zero-order valence-corrected chi connectivity index (χ0v) is 16.6. The Morgan fingerprint density at radius 3 is 2.22 bits per heavy atom. The van der Waals surface area contributed by atoms with E-state index in [0.29, 0.717) is 6.54 Å². The zero-order valence-electron chi connectivity index (χ0n) is 15.8. The number of halogens is 1. The lowest BCUT2D eigenvalue weighted by Gasteiger charge is -2.30. The van der Waals surface area contributed by atoms with E-state index in [0.717, 1.165) is 28.4 Å². The van der Waals surface area contributed by atoms with Crippen molar-refractivity contribution >= 4 is 15.9 Å². The van der Waals surface area contributed by atoms with E-state index in [1.165, 1.54) is 19.2 Å². The van der Waals surface area contributed by atoms with Crippen molar-refractivity contribution < 1.29 is 17.6 Å². The van der Waals surface area contributed by atoms with Crippen LogP contribution in [0.3, 0.4) is 0 Å². The number of hydrogen-bond donors (Lipinski definition) is 0. The molecule has 0 heterocycles. The van der Waals surface area contributed by atoms with Crippen molar-refractivity contribution in [3.63, 3.8) is 0 Å². The largest absolute Gasteiger partial charge is 0.335 e. The Morgan fingerprint density at radius 1 is 1.07 bits per heavy atom. The number of benzene rings is 2. The van der Waals surface area contributed by atoms with E-state index in [4.69, 9.17) is 0 Å². The molecule has 0 fully saturated rings. The topological polar surface area (TPSA) is 57.7 Å². The van der Waals surface area contributed by atoms with Crippen LogP contribution in [0.15, 0.2) is 59.5 Å². The Bertz CT molecular complexity index is 855. The fourth-order valence-corrected chi connectivity index (χ4v) is 3.76. The second kappa shape index (κ2) is 9.10. The first-order valence-corrected chi connectivity index (χ1v) is 10.2. The van der Waals surface area contributed by atoms with Gasteiger partial charge >= 0.3 is 0 Å². The van der Waals surface area contributed by atoms with Crippen molar-refractivity contribution in [3.8, 4) is 0 Å². The number of rotatable bonds is 8. The third kappa shape index (κ3) is 5.37. The van der Waals surface area contributed by atoms with Crippen molar-refractivity contribution in [2.75, 3.05) is 13.6 Å². The highest BCUT2D eigenvalue weighted by molar-refractivity contribution is 7.89. The molecule has 27 heavy (non-hydrogen) atoms. The number of hydrogen-bond acceptors (Lipinski definition) is 3. The second-order valence-electron chi connectivity index (χ2n) is 6.48. The molecule has 0 aliphatic rings. The molecule has 0 saturated carbocycles. The third-order valence-electron chi connectivity index (χ3n) is 4.52. The molecule has 1 unspecified atom stereocenters. The highest BCUT2D eigenvalue weighted by atomic mass is 32.2. The summed E-state index contributed by atoms with van der Waals surface area (Å²) in [5.41, 5.74) is 0.982. The lowest BCUT2D eigenvalue weighted by Crippen LogP contribution is -2.44. The van der Waals surface area contributed by atoms with Crippen LogP contribution < -0.4 is 0 Å². The van der Waals surface area contributed by atoms with Crippen LogP contribution in [0, 0.1) is 5.82 Å². The molecule has 0 N–H and O–H groups in total. The molecule has 5 nitrogen and oxygen atoms in total. The number of likely N-dealkylation sites (N-methyl/N-ethyl adjacent to an activating group) is 1. The Labute approximate surface area is 160 Å². The van der Waals surface area contributed by atoms with Gasteiger partial charge in [0, 0.05) is 19.6 Å². The van der Waals surface area contributed by atoms with Crippen LogP contribution in [0.25, 0.3) is 0 Å². The minimum Gasteiger partial charge on any atom is -0.335 e. The smallest absolute Gasteiger partial charge is 0.243 e. The predicted molar refractivity (Wildman–Crippen MR) is 103 cm³/mol. The van der Waals surface area contributed by atoms with Crippen LogP contribution in [0.5, 0.6) is 0 Å². The van der Waals surface area contributed by atoms with Crippen molar-refractivity contribution in [2.45, 2.75) is 37.8 Å². The van der Waals surface area contributed by atoms with Gasteiger partial charge in [0.1, 0.15) is 5.82 Å². The molecule has 2 aromatic carbocycles. The number of nitrogens with zero attached hydrogens (tertiary/aromatic N) is 2. The summed E-state index contributed by atoms with van der Waals surface area (Å²) in [6.07, 6.45) is 0.757. The highest BCUT2D eigenvalue weighted by Crippen LogP contribution is 2.17. The molecule has 0 bridgehead atoms. The Hall–Kier alpha value is -2.25. The summed E-state index contributed by atoms with van der Waals surface area (Å²) in [5, 5.41) is 0. The number of carbonyl (C=O) groups excluding carboxylic acids is 1. The highest BCUT2D eigenvalue weighted by Gasteiger charge is 2.27. The van der Waals surface area contributed by atoms with Gasteiger partial charge in [-0.3, -0.25) is 4.79 Å². The van der Waals surface area contributed by atoms with Crippen LogP contribution >= 0.6 is 0 Å². The molecule has 2 aromatic rings. The fraction of sp³-hybridized carbons (Fsp3) is 0.350. The van der Waals surface area contributed by atoms with Crippen molar-refractivity contribution in [1.29, 1.82) is 0 Å². The normalized spacial score (nSPS) is 12.8. The van der Waals surface area contributed by atoms with Gasteiger partial charge < -0.3 is 4.90 Å². The van der Waals surface area contributed by atoms with Gasteiger partial charge in [0.25, 0.3) is 0 Å². The average molecular weight is 392 g/mol. The van der Waals surface area contributed by atoms with Crippen molar-refractivity contribution in [3.05, 3.63) is 66.0 Å². The molecule has 0 aromatic heterocycles. The second-order valence-corrected chi connectivity index (χ2v) is 8.52. The van der Waals surface area contributed by atoms with Gasteiger partial charge in [0.05, 0.1) is 11.4 Å². The summed E-state index contributed by atoms with van der Waals surface area (Å²) in [6, 6.07) is 14.1. The van der Waals surface area contributed by atoms with Gasteiger partial charge in [0.2, 0.25) is 15.9 Å². The van der Waals surface area contributed by atoms with Crippen LogP contribution in [0.2, 0.25) is 0 Å². The van der Waals surface area contributed by atoms with Gasteiger partial charge in [-0.25, -0.2) is 12.8 Å². The summed E-state index contributed by atoms with van der Waals surface area (Å²) in [4.78, 5) is 14.5. The number of carbonyl (C=O) groups is 1. The maximum atomic E-state index is 13.1. The molecule has 1 amide bonds. The van der Waals surface area contributed by atoms with E-state index in [-0.39, 0.29) is 23.4 Å². The lowest BCUT2D eigenvalue weighted by molar-refractivity contribution is -0.134. The molecule has 0 saturated heterocycles. The third-order valence-corrected chi connectivity index (χ3v) is 6.34. The summed E-state index contributed by atoms with van der Waals surface area (Å²) >= 11 is 0. The molecule has 0 aliphatic heterocycles. The van der Waals surface area contributed by atoms with Crippen LogP contribution in [-0.4, -0.2) is 43.2 Å². The molecule has 146 valence electrons. The molecule has 7 heteroatoms. The molecule has 1 atom stereocenters. The van der Waals surface area contributed by atoms with Crippen LogP contribution in [-0.2, 0) is 21.4 Å². The van der Waals surface area contributed by atoms with Crippen molar-refractivity contribution in [1.82, 2.24) is 9.21 Å². The maximum Gasteiger partial charge on any atom is 0.243 e. The zero-order chi connectivity index (χ0) is 20.0. The predicted octanol–water partition coefficient (Wildman–Crippen LogP) is 3.27. The van der Waals surface area contributed by atoms with Gasteiger partial charge in [0.15, 0.2) is 0 Å². The Morgan fingerprint density at radius 2 is 1.67 bits per heavy atom. The quantitative estimate of drug-likeness (QED) is 0.693. The van der Waals surface area contributed by atoms with E-state index >= 15 is 0 Å². The molecular formula is C20H25FN2O3S. The van der Waals surface area contributed by atoms with E-state index in [1.54, 1.807) is 4.90 Å². The van der Waals surface area contributed by atoms with E-state index in [2.05, 4.69) is 0 Å². The maximum absolute atomic E-state index is 13.1. The summed E-state index contributed by atoms with van der Waals surface area (Å²) < 4.78 is 39.3. The molecule has 0 radical (unpaired) electrons. The molecule has 0 spiro atoms. The first kappa shape index (κ1) is 21.1. The van der Waals surface area contributed by atoms with Gasteiger partial charge in [-0.2, -0.15) is 4.31 Å². The first-order valence-electron chi connectivity index (χ1n) is 8.81. The fourth-order valence-electron chi connectivity index (χ4n) is 2.64. The summed E-state index contributed by atoms with van der Waals surface area (Å²) in [5.74, 6) is -0.792. The standard InChI is InChI=1S/C20H25FN2O3S/c1-4-16(2)23(14-17-8-6-5-7-9-17)20(24)15-22(3)27(25,26)19-12-10-18(21)11-13-19/h5-13,16H,4,14-15H2,1-3H3. The van der Waals surface area contributed by atoms with E-state index in [9.17, 15) is 17.6 Å². The van der Waals surface area contributed by atoms with Crippen LogP contribution in [0.4, 0.5) is 4.39 Å². The average Bonchev–Trinajstić information content (AvgIpc) is 2.66. The number of sulfonamides is 1. The number of amides is 1. The summed E-state index contributed by atoms with van der Waals surface area (Å²) in [7, 11) is -2.52. The SMILES string of the molecule is CCC(C)N(Cc1ccccc1)C(=O)CN(C)S(=O)(=O)c1ccc(F)cc1. The molecular weight excluding hydrogens is 367 g/mol. The van der Waals surface area contributed by atoms with Gasteiger partial charge in [-0.1, -0.05) is 37.3 Å². The first-order chi connectivity index (χ1) is 12.8. The monoisotopic (exact) mass is 392 g/mol. The van der Waals surface area contributed by atoms with E-state index < -0.39 is 15.8 Å². The lowest BCUT2D eigenvalue weighted by atomic mass is 10.1. The van der Waals surface area contributed by atoms with Crippen molar-refractivity contribution in [2.24, 2.45) is 0 Å². The summed E-state index contributed by atoms with van der Waals surface area (Å²) in [6.45, 7) is 4.06. The van der Waals surface area contributed by atoms with E-state index in [1.807, 2.05) is 44.2 Å². The molecule has 2 rings (SSSR count). The molecule has 0 aliphatic carbocycles. The van der Waals surface area contributed by atoms with Gasteiger partial charge in [-0.05, 0) is 43.2 Å². The Kier molecular flexibility index (Phi) is 7.10. The Balaban J connectivity index is 2.16. The minimum absolute atomic E-state index is 0.0281. The minimum atomic E-state index is -3.87.